The van der Waals surface area contributed by atoms with Crippen LogP contribution >= 0.6 is 11.3 Å². The van der Waals surface area contributed by atoms with Crippen LogP contribution in [0.15, 0.2) is 43.0 Å². The molecule has 0 fully saturated rings. The number of aromatic nitrogens is 5. The predicted molar refractivity (Wildman–Crippen MR) is 117 cm³/mol. The van der Waals surface area contributed by atoms with Crippen LogP contribution in [0, 0.1) is 0 Å². The number of nitrogens with zero attached hydrogens (tertiary/aromatic N) is 5. The Balaban J connectivity index is 1.49. The summed E-state index contributed by atoms with van der Waals surface area (Å²) < 4.78 is 8.46. The molecular weight excluding hydrogens is 416 g/mol. The molecule has 0 radical (unpaired) electrons. The van der Waals surface area contributed by atoms with Crippen LogP contribution in [-0.4, -0.2) is 55.7 Å². The number of methoxy groups -OCH3 is 1. The number of aliphatic hydroxyl groups is 1. The van der Waals surface area contributed by atoms with Crippen LogP contribution in [0.2, 0.25) is 0 Å². The number of hydrogen-bond acceptors (Lipinski definition) is 7. The smallest absolute Gasteiger partial charge is 0.251 e. The van der Waals surface area contributed by atoms with E-state index >= 15 is 0 Å². The molecule has 0 saturated heterocycles. The van der Waals surface area contributed by atoms with Gasteiger partial charge in [0.2, 0.25) is 0 Å². The van der Waals surface area contributed by atoms with Crippen molar-refractivity contribution in [1.82, 2.24) is 29.7 Å². The summed E-state index contributed by atoms with van der Waals surface area (Å²) in [6.45, 7) is 3.23. The number of carbonyl (C=O) groups is 1. The van der Waals surface area contributed by atoms with Crippen LogP contribution in [0.25, 0.3) is 10.5 Å². The van der Waals surface area contributed by atoms with Crippen molar-refractivity contribution in [2.45, 2.75) is 25.9 Å². The fraction of sp³-hybridized carbons (Fsp3) is 0.333. The molecule has 2 N–H and O–H groups in total. The van der Waals surface area contributed by atoms with E-state index in [0.29, 0.717) is 24.4 Å². The Labute approximate surface area is 183 Å². The summed E-state index contributed by atoms with van der Waals surface area (Å²) in [7, 11) is 1.64. The number of aryl methyl sites for hydroxylation is 1. The lowest BCUT2D eigenvalue weighted by Crippen LogP contribution is -2.25. The Kier molecular flexibility index (Phi) is 6.40. The Morgan fingerprint density at radius 2 is 2.13 bits per heavy atom. The lowest BCUT2D eigenvalue weighted by atomic mass is 10.1. The van der Waals surface area contributed by atoms with E-state index in [1.54, 1.807) is 66.1 Å². The van der Waals surface area contributed by atoms with E-state index in [4.69, 9.17) is 4.74 Å². The molecule has 0 aliphatic rings. The molecule has 0 aliphatic carbocycles. The number of aliphatic hydroxyl groups excluding tert-OH is 1. The Morgan fingerprint density at radius 3 is 2.87 bits per heavy atom. The molecule has 4 aromatic rings. The van der Waals surface area contributed by atoms with Gasteiger partial charge in [-0.3, -0.25) is 9.20 Å². The molecule has 3 heterocycles. The second-order valence-corrected chi connectivity index (χ2v) is 8.12. The van der Waals surface area contributed by atoms with E-state index in [0.717, 1.165) is 33.9 Å². The fourth-order valence-corrected chi connectivity index (χ4v) is 4.41. The minimum Gasteiger partial charge on any atom is -0.385 e. The highest BCUT2D eigenvalue weighted by molar-refractivity contribution is 7.17. The first-order chi connectivity index (χ1) is 15.1. The van der Waals surface area contributed by atoms with Crippen LogP contribution in [-0.2, 0) is 11.2 Å². The van der Waals surface area contributed by atoms with Gasteiger partial charge in [-0.25, -0.2) is 9.67 Å². The molecule has 1 aromatic carbocycles. The number of carbonyl (C=O) groups excluding carboxylic acids is 1. The molecule has 3 aromatic heterocycles. The molecular formula is C21H24N6O3S. The van der Waals surface area contributed by atoms with Gasteiger partial charge < -0.3 is 15.2 Å². The van der Waals surface area contributed by atoms with Gasteiger partial charge in [0.1, 0.15) is 23.0 Å². The van der Waals surface area contributed by atoms with Crippen LogP contribution in [0.3, 0.4) is 0 Å². The van der Waals surface area contributed by atoms with Crippen molar-refractivity contribution in [3.63, 3.8) is 0 Å². The van der Waals surface area contributed by atoms with Crippen molar-refractivity contribution in [1.29, 1.82) is 0 Å². The molecule has 1 amide bonds. The molecule has 10 heteroatoms. The van der Waals surface area contributed by atoms with Crippen LogP contribution < -0.4 is 5.32 Å². The van der Waals surface area contributed by atoms with Gasteiger partial charge in [-0.15, -0.1) is 16.4 Å². The monoisotopic (exact) mass is 440 g/mol. The Hall–Kier alpha value is -3.08. The average Bonchev–Trinajstić information content (AvgIpc) is 3.52. The van der Waals surface area contributed by atoms with Gasteiger partial charge in [-0.2, -0.15) is 0 Å². The zero-order chi connectivity index (χ0) is 21.8. The minimum atomic E-state index is -0.913. The van der Waals surface area contributed by atoms with Crippen LogP contribution in [0.1, 0.15) is 46.1 Å². The number of hydrogen-bond donors (Lipinski definition) is 2. The number of rotatable bonds is 9. The highest BCUT2D eigenvalue weighted by atomic mass is 32.1. The topological polar surface area (TPSA) is 107 Å². The lowest BCUT2D eigenvalue weighted by molar-refractivity contribution is 0.0948. The van der Waals surface area contributed by atoms with Crippen LogP contribution in [0.5, 0.6) is 0 Å². The van der Waals surface area contributed by atoms with E-state index in [-0.39, 0.29) is 5.91 Å². The third-order valence-electron chi connectivity index (χ3n) is 4.95. The second-order valence-electron chi connectivity index (χ2n) is 7.01. The second kappa shape index (κ2) is 9.38. The van der Waals surface area contributed by atoms with Gasteiger partial charge in [0.25, 0.3) is 5.91 Å². The van der Waals surface area contributed by atoms with E-state index < -0.39 is 6.10 Å². The van der Waals surface area contributed by atoms with E-state index in [2.05, 4.69) is 27.5 Å². The molecule has 0 saturated carbocycles. The first-order valence-electron chi connectivity index (χ1n) is 10.0. The fourth-order valence-electron chi connectivity index (χ4n) is 3.34. The number of nitrogens with one attached hydrogen (secondary N) is 1. The molecule has 0 bridgehead atoms. The van der Waals surface area contributed by atoms with Gasteiger partial charge in [-0.1, -0.05) is 12.1 Å². The number of ether oxygens (including phenoxy) is 1. The molecule has 31 heavy (non-hydrogen) atoms. The number of amides is 1. The van der Waals surface area contributed by atoms with Gasteiger partial charge in [0, 0.05) is 30.7 Å². The maximum atomic E-state index is 12.2. The number of benzene rings is 1. The quantitative estimate of drug-likeness (QED) is 0.387. The summed E-state index contributed by atoms with van der Waals surface area (Å²) in [5.74, 6) is -0.133. The number of fused-ring (bicyclic) bond motifs is 1. The zero-order valence-corrected chi connectivity index (χ0v) is 18.2. The first-order valence-corrected chi connectivity index (χ1v) is 10.9. The van der Waals surface area contributed by atoms with Crippen LogP contribution in [0.4, 0.5) is 0 Å². The average molecular weight is 441 g/mol. The summed E-state index contributed by atoms with van der Waals surface area (Å²) >= 11 is 1.61. The Morgan fingerprint density at radius 1 is 1.32 bits per heavy atom. The number of imidazole rings is 1. The molecule has 1 atom stereocenters. The maximum Gasteiger partial charge on any atom is 0.251 e. The zero-order valence-electron chi connectivity index (χ0n) is 17.4. The lowest BCUT2D eigenvalue weighted by Gasteiger charge is -2.09. The molecule has 9 nitrogen and oxygen atoms in total. The summed E-state index contributed by atoms with van der Waals surface area (Å²) in [5.41, 5.74) is 2.53. The molecule has 1 unspecified atom stereocenters. The summed E-state index contributed by atoms with van der Waals surface area (Å²) in [5, 5.41) is 22.2. The highest BCUT2D eigenvalue weighted by Crippen LogP contribution is 2.31. The summed E-state index contributed by atoms with van der Waals surface area (Å²) in [4.78, 5) is 18.4. The van der Waals surface area contributed by atoms with Crippen molar-refractivity contribution in [3.05, 3.63) is 64.8 Å². The Bertz CT molecular complexity index is 1160. The van der Waals surface area contributed by atoms with E-state index in [1.807, 2.05) is 4.40 Å². The van der Waals surface area contributed by atoms with Crippen molar-refractivity contribution in [2.24, 2.45) is 0 Å². The van der Waals surface area contributed by atoms with Gasteiger partial charge in [0.05, 0.1) is 23.8 Å². The molecule has 162 valence electrons. The minimum absolute atomic E-state index is 0.133. The highest BCUT2D eigenvalue weighted by Gasteiger charge is 2.23. The summed E-state index contributed by atoms with van der Waals surface area (Å²) in [6.07, 6.45) is 5.84. The van der Waals surface area contributed by atoms with Crippen molar-refractivity contribution in [2.75, 3.05) is 20.3 Å². The maximum absolute atomic E-state index is 12.2. The molecule has 0 spiro atoms. The molecule has 4 rings (SSSR count). The van der Waals surface area contributed by atoms with Crippen molar-refractivity contribution in [3.8, 4) is 5.69 Å². The van der Waals surface area contributed by atoms with Gasteiger partial charge in [-0.05, 0) is 37.1 Å². The molecule has 0 aliphatic heterocycles. The van der Waals surface area contributed by atoms with Gasteiger partial charge >= 0.3 is 0 Å². The third-order valence-corrected chi connectivity index (χ3v) is 6.21. The van der Waals surface area contributed by atoms with Crippen molar-refractivity contribution < 1.29 is 14.6 Å². The number of thiazole rings is 1. The standard InChI is InChI=1S/C21H24N6O3S/c1-3-17-19(26-13-22-11-18(26)31-17)20(28)16-12-27(25-24-16)15-7-5-14(6-8-15)21(29)23-9-4-10-30-2/h5-8,11-13,20,28H,3-4,9-10H2,1-2H3,(H,23,29). The van der Waals surface area contributed by atoms with E-state index in [1.165, 1.54) is 0 Å². The summed E-state index contributed by atoms with van der Waals surface area (Å²) in [6, 6.07) is 7.07. The van der Waals surface area contributed by atoms with Gasteiger partial charge in [0.15, 0.2) is 0 Å². The largest absolute Gasteiger partial charge is 0.385 e. The van der Waals surface area contributed by atoms with E-state index in [9.17, 15) is 9.90 Å². The SMILES string of the molecule is CCc1sc2cncn2c1C(O)c1cn(-c2ccc(C(=O)NCCCOC)cc2)nn1. The van der Waals surface area contributed by atoms with Crippen molar-refractivity contribution >= 4 is 22.1 Å². The normalized spacial score (nSPS) is 12.4. The predicted octanol–water partition coefficient (Wildman–Crippen LogP) is 2.39. The first kappa shape index (κ1) is 21.2. The third kappa shape index (κ3) is 4.36.